The first kappa shape index (κ1) is 20.7. The van der Waals surface area contributed by atoms with Crippen molar-refractivity contribution in [3.63, 3.8) is 0 Å². The average molecular weight is 410 g/mol. The minimum Gasteiger partial charge on any atom is -0.350 e. The van der Waals surface area contributed by atoms with Crippen molar-refractivity contribution in [3.8, 4) is 5.82 Å². The highest BCUT2D eigenvalue weighted by atomic mass is 32.2. The maximum absolute atomic E-state index is 12.5. The molecule has 3 aromatic rings. The van der Waals surface area contributed by atoms with Crippen LogP contribution in [-0.2, 0) is 4.79 Å². The molecule has 1 amide bonds. The van der Waals surface area contributed by atoms with Gasteiger partial charge in [0.25, 0.3) is 0 Å². The molecule has 29 heavy (non-hydrogen) atoms. The molecule has 7 nitrogen and oxygen atoms in total. The van der Waals surface area contributed by atoms with Gasteiger partial charge in [0.2, 0.25) is 5.91 Å². The van der Waals surface area contributed by atoms with Crippen molar-refractivity contribution in [1.82, 2.24) is 25.3 Å². The number of Topliss-reactive ketones (excluding diaryl/α,β-unsaturated/α-hetero) is 1. The summed E-state index contributed by atoms with van der Waals surface area (Å²) in [7, 11) is 0. The molecule has 2 heterocycles. The van der Waals surface area contributed by atoms with Crippen LogP contribution in [0.15, 0.2) is 47.5 Å². The van der Waals surface area contributed by atoms with Gasteiger partial charge in [-0.05, 0) is 44.5 Å². The van der Waals surface area contributed by atoms with Crippen LogP contribution in [0.5, 0.6) is 0 Å². The number of benzene rings is 1. The molecular weight excluding hydrogens is 386 g/mol. The van der Waals surface area contributed by atoms with Crippen molar-refractivity contribution in [2.45, 2.75) is 38.8 Å². The second-order valence-electron chi connectivity index (χ2n) is 6.82. The Hall–Kier alpha value is -3.00. The van der Waals surface area contributed by atoms with Gasteiger partial charge in [0, 0.05) is 18.2 Å². The van der Waals surface area contributed by atoms with E-state index in [4.69, 9.17) is 0 Å². The first-order valence-corrected chi connectivity index (χ1v) is 10.2. The van der Waals surface area contributed by atoms with E-state index in [2.05, 4.69) is 20.6 Å². The number of hydrogen-bond donors (Lipinski definition) is 1. The summed E-state index contributed by atoms with van der Waals surface area (Å²) in [5.74, 6) is 0.849. The molecule has 2 aromatic heterocycles. The van der Waals surface area contributed by atoms with Gasteiger partial charge in [-0.1, -0.05) is 36.0 Å². The maximum Gasteiger partial charge on any atom is 0.217 e. The van der Waals surface area contributed by atoms with Crippen LogP contribution in [0.25, 0.3) is 5.82 Å². The number of amides is 1. The molecule has 3 rings (SSSR count). The number of aryl methyl sites for hydroxylation is 2. The summed E-state index contributed by atoms with van der Waals surface area (Å²) >= 11 is 1.35. The zero-order chi connectivity index (χ0) is 21.0. The predicted octanol–water partition coefficient (Wildman–Crippen LogP) is 3.45. The summed E-state index contributed by atoms with van der Waals surface area (Å²) in [6, 6.07) is 12.9. The van der Waals surface area contributed by atoms with Gasteiger partial charge in [-0.15, -0.1) is 10.2 Å². The van der Waals surface area contributed by atoms with Crippen LogP contribution in [0.1, 0.15) is 47.2 Å². The largest absolute Gasteiger partial charge is 0.350 e. The molecule has 1 unspecified atom stereocenters. The molecule has 0 saturated heterocycles. The van der Waals surface area contributed by atoms with E-state index in [-0.39, 0.29) is 23.5 Å². The van der Waals surface area contributed by atoms with Gasteiger partial charge >= 0.3 is 0 Å². The molecule has 0 aliphatic rings. The van der Waals surface area contributed by atoms with Gasteiger partial charge in [0.1, 0.15) is 5.03 Å². The molecule has 0 aliphatic carbocycles. The van der Waals surface area contributed by atoms with Crippen LogP contribution < -0.4 is 5.32 Å². The minimum atomic E-state index is -0.0953. The monoisotopic (exact) mass is 409 g/mol. The smallest absolute Gasteiger partial charge is 0.217 e. The highest BCUT2D eigenvalue weighted by molar-refractivity contribution is 7.99. The highest BCUT2D eigenvalue weighted by Crippen LogP contribution is 2.19. The van der Waals surface area contributed by atoms with Crippen molar-refractivity contribution in [2.75, 3.05) is 5.75 Å². The van der Waals surface area contributed by atoms with Crippen LogP contribution in [0.2, 0.25) is 0 Å². The molecule has 0 spiro atoms. The Labute approximate surface area is 173 Å². The Morgan fingerprint density at radius 1 is 1.10 bits per heavy atom. The van der Waals surface area contributed by atoms with E-state index < -0.39 is 0 Å². The summed E-state index contributed by atoms with van der Waals surface area (Å²) < 4.78 is 1.74. The van der Waals surface area contributed by atoms with Crippen LogP contribution >= 0.6 is 11.8 Å². The number of aromatic nitrogens is 4. The number of rotatable bonds is 7. The van der Waals surface area contributed by atoms with E-state index in [9.17, 15) is 9.59 Å². The Kier molecular flexibility index (Phi) is 6.43. The van der Waals surface area contributed by atoms with Gasteiger partial charge in [0.05, 0.1) is 17.5 Å². The third kappa shape index (κ3) is 5.29. The first-order valence-electron chi connectivity index (χ1n) is 9.24. The number of nitrogens with zero attached hydrogens (tertiary/aromatic N) is 4. The summed E-state index contributed by atoms with van der Waals surface area (Å²) in [6.07, 6.45) is 0. The number of carbonyl (C=O) groups is 2. The average Bonchev–Trinajstić information content (AvgIpc) is 3.04. The minimum absolute atomic E-state index is 0.0122. The molecule has 0 aliphatic heterocycles. The molecule has 0 saturated carbocycles. The molecule has 1 atom stereocenters. The Balaban J connectivity index is 1.59. The van der Waals surface area contributed by atoms with Gasteiger partial charge in [-0.2, -0.15) is 5.10 Å². The maximum atomic E-state index is 12.5. The topological polar surface area (TPSA) is 89.8 Å². The fourth-order valence-electron chi connectivity index (χ4n) is 2.93. The second-order valence-corrected chi connectivity index (χ2v) is 7.82. The van der Waals surface area contributed by atoms with Crippen molar-refractivity contribution < 1.29 is 9.59 Å². The van der Waals surface area contributed by atoms with Crippen LogP contribution in [0.4, 0.5) is 0 Å². The molecule has 150 valence electrons. The number of thioether (sulfide) groups is 1. The fraction of sp³-hybridized carbons (Fsp3) is 0.286. The summed E-state index contributed by atoms with van der Waals surface area (Å²) in [4.78, 5) is 23.6. The molecule has 1 aromatic carbocycles. The first-order chi connectivity index (χ1) is 13.8. The second kappa shape index (κ2) is 9.00. The van der Waals surface area contributed by atoms with E-state index >= 15 is 0 Å². The van der Waals surface area contributed by atoms with E-state index in [1.807, 2.05) is 51.1 Å². The van der Waals surface area contributed by atoms with Gasteiger partial charge in [-0.25, -0.2) is 4.68 Å². The lowest BCUT2D eigenvalue weighted by Gasteiger charge is -2.13. The zero-order valence-electron chi connectivity index (χ0n) is 16.8. The third-order valence-corrected chi connectivity index (χ3v) is 5.28. The Morgan fingerprint density at radius 2 is 1.83 bits per heavy atom. The van der Waals surface area contributed by atoms with Gasteiger partial charge in [0.15, 0.2) is 11.6 Å². The molecule has 0 radical (unpaired) electrons. The molecular formula is C21H23N5O2S. The van der Waals surface area contributed by atoms with E-state index in [1.165, 1.54) is 18.7 Å². The normalized spacial score (nSPS) is 11.9. The zero-order valence-corrected chi connectivity index (χ0v) is 17.7. The number of ketones is 1. The Morgan fingerprint density at radius 3 is 2.38 bits per heavy atom. The molecule has 0 fully saturated rings. The number of carbonyl (C=O) groups excluding carboxylic acids is 2. The van der Waals surface area contributed by atoms with E-state index in [0.717, 1.165) is 17.0 Å². The third-order valence-electron chi connectivity index (χ3n) is 4.36. The standard InChI is InChI=1S/C21H23N5O2S/c1-13-11-14(2)26(25-13)20-9-10-21(24-23-20)29-12-19(28)18-7-5-17(6-8-18)15(3)22-16(4)27/h5-11,15H,12H2,1-4H3,(H,22,27). The van der Waals surface area contributed by atoms with Crippen LogP contribution in [0.3, 0.4) is 0 Å². The molecule has 1 N–H and O–H groups in total. The molecule has 0 bridgehead atoms. The van der Waals surface area contributed by atoms with Crippen molar-refractivity contribution in [1.29, 1.82) is 0 Å². The van der Waals surface area contributed by atoms with E-state index in [1.54, 1.807) is 16.8 Å². The van der Waals surface area contributed by atoms with Crippen LogP contribution in [0, 0.1) is 13.8 Å². The summed E-state index contributed by atoms with van der Waals surface area (Å²) in [5.41, 5.74) is 3.49. The van der Waals surface area contributed by atoms with Gasteiger partial charge < -0.3 is 5.32 Å². The lowest BCUT2D eigenvalue weighted by Crippen LogP contribution is -2.23. The van der Waals surface area contributed by atoms with Crippen molar-refractivity contribution in [3.05, 3.63) is 65.0 Å². The quantitative estimate of drug-likeness (QED) is 0.475. The van der Waals surface area contributed by atoms with Gasteiger partial charge in [-0.3, -0.25) is 9.59 Å². The lowest BCUT2D eigenvalue weighted by molar-refractivity contribution is -0.119. The van der Waals surface area contributed by atoms with Crippen LogP contribution in [-0.4, -0.2) is 37.4 Å². The highest BCUT2D eigenvalue weighted by Gasteiger charge is 2.11. The van der Waals surface area contributed by atoms with Crippen molar-refractivity contribution >= 4 is 23.5 Å². The Bertz CT molecular complexity index is 1010. The van der Waals surface area contributed by atoms with Crippen molar-refractivity contribution in [2.24, 2.45) is 0 Å². The predicted molar refractivity (Wildman–Crippen MR) is 112 cm³/mol. The summed E-state index contributed by atoms with van der Waals surface area (Å²) in [6.45, 7) is 7.28. The molecule has 8 heteroatoms. The van der Waals surface area contributed by atoms with E-state index in [0.29, 0.717) is 16.4 Å². The fourth-order valence-corrected chi connectivity index (χ4v) is 3.64. The number of hydrogen-bond acceptors (Lipinski definition) is 6. The summed E-state index contributed by atoms with van der Waals surface area (Å²) in [5, 5.41) is 16.3. The lowest BCUT2D eigenvalue weighted by atomic mass is 10.0. The number of nitrogens with one attached hydrogen (secondary N) is 1. The SMILES string of the molecule is CC(=O)NC(C)c1ccc(C(=O)CSc2ccc(-n3nc(C)cc3C)nn2)cc1.